The lowest BCUT2D eigenvalue weighted by Gasteiger charge is -2.35. The van der Waals surface area contributed by atoms with E-state index in [2.05, 4.69) is 57.4 Å². The SMILES string of the molecule is Cc1ccn2c(CN3CCN(C(=O)c4ccc(Br)cc4C)CC3)c(C)nc2c1. The Hall–Kier alpha value is -2.18. The number of nitrogens with zero attached hydrogens (tertiary/aromatic N) is 4. The van der Waals surface area contributed by atoms with Crippen molar-refractivity contribution in [3.8, 4) is 0 Å². The van der Waals surface area contributed by atoms with Crippen LogP contribution in [0, 0.1) is 20.8 Å². The summed E-state index contributed by atoms with van der Waals surface area (Å²) in [6.45, 7) is 10.3. The lowest BCUT2D eigenvalue weighted by atomic mass is 10.1. The number of carbonyl (C=O) groups excluding carboxylic acids is 1. The minimum atomic E-state index is 0.131. The number of amides is 1. The minimum Gasteiger partial charge on any atom is -0.336 e. The molecule has 0 atom stereocenters. The van der Waals surface area contributed by atoms with Crippen molar-refractivity contribution in [3.05, 3.63) is 69.1 Å². The number of piperazine rings is 1. The third-order valence-corrected chi connectivity index (χ3v) is 6.03. The summed E-state index contributed by atoms with van der Waals surface area (Å²) < 4.78 is 3.19. The average Bonchev–Trinajstić information content (AvgIpc) is 2.96. The number of carbonyl (C=O) groups is 1. The first-order chi connectivity index (χ1) is 13.4. The van der Waals surface area contributed by atoms with Crippen LogP contribution < -0.4 is 0 Å². The number of aryl methyl sites for hydroxylation is 3. The maximum absolute atomic E-state index is 12.9. The molecular formula is C22H25BrN4O. The number of aromatic nitrogens is 2. The molecule has 0 saturated carbocycles. The molecule has 146 valence electrons. The lowest BCUT2D eigenvalue weighted by molar-refractivity contribution is 0.0625. The van der Waals surface area contributed by atoms with Gasteiger partial charge in [0.1, 0.15) is 5.65 Å². The molecular weight excluding hydrogens is 416 g/mol. The van der Waals surface area contributed by atoms with E-state index in [9.17, 15) is 4.79 Å². The summed E-state index contributed by atoms with van der Waals surface area (Å²) in [6, 6.07) is 10.1. The molecule has 0 spiro atoms. The molecule has 1 aromatic carbocycles. The molecule has 0 aliphatic carbocycles. The molecule has 0 bridgehead atoms. The smallest absolute Gasteiger partial charge is 0.254 e. The normalized spacial score (nSPS) is 15.4. The molecule has 2 aromatic heterocycles. The van der Waals surface area contributed by atoms with Crippen LogP contribution in [0.1, 0.15) is 32.9 Å². The van der Waals surface area contributed by atoms with Crippen LogP contribution in [0.3, 0.4) is 0 Å². The van der Waals surface area contributed by atoms with Crippen molar-refractivity contribution in [2.75, 3.05) is 26.2 Å². The Morgan fingerprint density at radius 2 is 1.82 bits per heavy atom. The summed E-state index contributed by atoms with van der Waals surface area (Å²) in [5.41, 5.74) is 6.35. The Morgan fingerprint density at radius 3 is 2.54 bits per heavy atom. The van der Waals surface area contributed by atoms with E-state index in [4.69, 9.17) is 4.98 Å². The molecule has 0 unspecified atom stereocenters. The Kier molecular flexibility index (Phi) is 5.25. The van der Waals surface area contributed by atoms with Crippen LogP contribution in [0.2, 0.25) is 0 Å². The van der Waals surface area contributed by atoms with Crippen molar-refractivity contribution in [2.24, 2.45) is 0 Å². The molecule has 0 N–H and O–H groups in total. The van der Waals surface area contributed by atoms with Gasteiger partial charge in [-0.3, -0.25) is 9.69 Å². The van der Waals surface area contributed by atoms with Gasteiger partial charge in [-0.15, -0.1) is 0 Å². The van der Waals surface area contributed by atoms with Gasteiger partial charge in [-0.25, -0.2) is 4.98 Å². The number of rotatable bonds is 3. The second-order valence-corrected chi connectivity index (χ2v) is 8.52. The first kappa shape index (κ1) is 19.2. The second-order valence-electron chi connectivity index (χ2n) is 7.60. The van der Waals surface area contributed by atoms with Gasteiger partial charge in [-0.1, -0.05) is 15.9 Å². The zero-order valence-corrected chi connectivity index (χ0v) is 18.2. The van der Waals surface area contributed by atoms with Crippen LogP contribution in [0.25, 0.3) is 5.65 Å². The highest BCUT2D eigenvalue weighted by atomic mass is 79.9. The van der Waals surface area contributed by atoms with E-state index in [0.717, 1.165) is 59.7 Å². The van der Waals surface area contributed by atoms with Gasteiger partial charge in [0.2, 0.25) is 0 Å². The number of pyridine rings is 1. The monoisotopic (exact) mass is 440 g/mol. The Bertz CT molecular complexity index is 1030. The van der Waals surface area contributed by atoms with Crippen molar-refractivity contribution in [1.82, 2.24) is 19.2 Å². The fourth-order valence-corrected chi connectivity index (χ4v) is 4.34. The van der Waals surface area contributed by atoms with Crippen molar-refractivity contribution in [3.63, 3.8) is 0 Å². The zero-order valence-electron chi connectivity index (χ0n) is 16.6. The molecule has 6 heteroatoms. The molecule has 4 rings (SSSR count). The Morgan fingerprint density at radius 1 is 1.07 bits per heavy atom. The van der Waals surface area contributed by atoms with Crippen LogP contribution in [-0.4, -0.2) is 51.3 Å². The van der Waals surface area contributed by atoms with Crippen molar-refractivity contribution < 1.29 is 4.79 Å². The Balaban J connectivity index is 1.43. The van der Waals surface area contributed by atoms with E-state index >= 15 is 0 Å². The van der Waals surface area contributed by atoms with E-state index in [1.165, 1.54) is 11.3 Å². The van der Waals surface area contributed by atoms with Gasteiger partial charge >= 0.3 is 0 Å². The molecule has 3 heterocycles. The third-order valence-electron chi connectivity index (χ3n) is 5.53. The Labute approximate surface area is 174 Å². The predicted molar refractivity (Wildman–Crippen MR) is 115 cm³/mol. The highest BCUT2D eigenvalue weighted by molar-refractivity contribution is 9.10. The summed E-state index contributed by atoms with van der Waals surface area (Å²) in [5, 5.41) is 0. The molecule has 28 heavy (non-hydrogen) atoms. The minimum absolute atomic E-state index is 0.131. The molecule has 1 saturated heterocycles. The van der Waals surface area contributed by atoms with Gasteiger partial charge in [0.15, 0.2) is 0 Å². The van der Waals surface area contributed by atoms with E-state index in [-0.39, 0.29) is 5.91 Å². The first-order valence-electron chi connectivity index (χ1n) is 9.64. The number of benzene rings is 1. The van der Waals surface area contributed by atoms with Crippen molar-refractivity contribution in [1.29, 1.82) is 0 Å². The summed E-state index contributed by atoms with van der Waals surface area (Å²) in [5.74, 6) is 0.131. The van der Waals surface area contributed by atoms with Gasteiger partial charge in [0, 0.05) is 49.0 Å². The van der Waals surface area contributed by atoms with Crippen LogP contribution in [0.15, 0.2) is 41.0 Å². The zero-order chi connectivity index (χ0) is 19.8. The van der Waals surface area contributed by atoms with Crippen LogP contribution in [0.4, 0.5) is 0 Å². The molecule has 0 radical (unpaired) electrons. The topological polar surface area (TPSA) is 40.9 Å². The van der Waals surface area contributed by atoms with Gasteiger partial charge < -0.3 is 9.30 Å². The van der Waals surface area contributed by atoms with Crippen LogP contribution in [0.5, 0.6) is 0 Å². The maximum Gasteiger partial charge on any atom is 0.254 e. The van der Waals surface area contributed by atoms with Gasteiger partial charge in [0.05, 0.1) is 11.4 Å². The highest BCUT2D eigenvalue weighted by Crippen LogP contribution is 2.20. The van der Waals surface area contributed by atoms with E-state index in [1.54, 1.807) is 0 Å². The maximum atomic E-state index is 12.9. The van der Waals surface area contributed by atoms with Crippen molar-refractivity contribution >= 4 is 27.5 Å². The molecule has 3 aromatic rings. The summed E-state index contributed by atoms with van der Waals surface area (Å²) in [4.78, 5) is 22.0. The first-order valence-corrected chi connectivity index (χ1v) is 10.4. The fraction of sp³-hybridized carbons (Fsp3) is 0.364. The summed E-state index contributed by atoms with van der Waals surface area (Å²) in [6.07, 6.45) is 2.11. The molecule has 1 fully saturated rings. The van der Waals surface area contributed by atoms with Gasteiger partial charge in [-0.2, -0.15) is 0 Å². The average molecular weight is 441 g/mol. The van der Waals surface area contributed by atoms with E-state index < -0.39 is 0 Å². The van der Waals surface area contributed by atoms with E-state index in [1.807, 2.05) is 30.0 Å². The van der Waals surface area contributed by atoms with Crippen molar-refractivity contribution in [2.45, 2.75) is 27.3 Å². The summed E-state index contributed by atoms with van der Waals surface area (Å²) >= 11 is 3.47. The third kappa shape index (κ3) is 3.71. The largest absolute Gasteiger partial charge is 0.336 e. The number of halogens is 1. The fourth-order valence-electron chi connectivity index (χ4n) is 3.86. The molecule has 5 nitrogen and oxygen atoms in total. The van der Waals surface area contributed by atoms with Crippen LogP contribution in [-0.2, 0) is 6.54 Å². The van der Waals surface area contributed by atoms with Gasteiger partial charge in [-0.05, 0) is 62.2 Å². The second kappa shape index (κ2) is 7.68. The number of imidazole rings is 1. The lowest BCUT2D eigenvalue weighted by Crippen LogP contribution is -2.48. The standard InChI is InChI=1S/C22H25BrN4O/c1-15-6-7-27-20(17(3)24-21(27)12-15)14-25-8-10-26(11-9-25)22(28)19-5-4-18(23)13-16(19)2/h4-7,12-13H,8-11,14H2,1-3H3. The summed E-state index contributed by atoms with van der Waals surface area (Å²) in [7, 11) is 0. The number of fused-ring (bicyclic) bond motifs is 1. The number of hydrogen-bond acceptors (Lipinski definition) is 3. The van der Waals surface area contributed by atoms with Crippen LogP contribution >= 0.6 is 15.9 Å². The number of hydrogen-bond donors (Lipinski definition) is 0. The quantitative estimate of drug-likeness (QED) is 0.618. The molecule has 1 aliphatic rings. The molecule has 1 amide bonds. The predicted octanol–water partition coefficient (Wildman–Crippen LogP) is 3.98. The van der Waals surface area contributed by atoms with Gasteiger partial charge in [0.25, 0.3) is 5.91 Å². The van der Waals surface area contributed by atoms with E-state index in [0.29, 0.717) is 0 Å². The highest BCUT2D eigenvalue weighted by Gasteiger charge is 2.24. The molecule has 1 aliphatic heterocycles.